The Morgan fingerprint density at radius 1 is 1.17 bits per heavy atom. The van der Waals surface area contributed by atoms with E-state index < -0.39 is 5.97 Å². The van der Waals surface area contributed by atoms with Crippen LogP contribution in [-0.2, 0) is 17.6 Å². The summed E-state index contributed by atoms with van der Waals surface area (Å²) >= 11 is 7.87. The number of methoxy groups -OCH3 is 1. The summed E-state index contributed by atoms with van der Waals surface area (Å²) in [4.78, 5) is 32.4. The number of anilines is 1. The van der Waals surface area contributed by atoms with Gasteiger partial charge in [-0.2, -0.15) is 0 Å². The molecule has 5 rings (SSSR count). The normalized spacial score (nSPS) is 15.0. The molecule has 0 bridgehead atoms. The van der Waals surface area contributed by atoms with Gasteiger partial charge in [-0.3, -0.25) is 4.79 Å². The number of nitrogens with one attached hydrogen (secondary N) is 1. The topological polar surface area (TPSA) is 68.3 Å². The van der Waals surface area contributed by atoms with E-state index in [1.165, 1.54) is 18.4 Å². The Morgan fingerprint density at radius 3 is 2.69 bits per heavy atom. The lowest BCUT2D eigenvalue weighted by molar-refractivity contribution is 0.0601. The van der Waals surface area contributed by atoms with Crippen LogP contribution >= 0.6 is 22.9 Å². The van der Waals surface area contributed by atoms with E-state index in [2.05, 4.69) is 12.2 Å². The summed E-state index contributed by atoms with van der Waals surface area (Å²) in [6, 6.07) is 15.1. The summed E-state index contributed by atoms with van der Waals surface area (Å²) in [5.41, 5.74) is 5.03. The lowest BCUT2D eigenvalue weighted by Crippen LogP contribution is -2.16. The molecule has 1 amide bonds. The van der Waals surface area contributed by atoms with Crippen molar-refractivity contribution < 1.29 is 14.3 Å². The number of carbonyl (C=O) groups is 2. The molecule has 2 aromatic heterocycles. The van der Waals surface area contributed by atoms with Crippen LogP contribution in [0.2, 0.25) is 5.02 Å². The van der Waals surface area contributed by atoms with Crippen molar-refractivity contribution >= 4 is 50.7 Å². The van der Waals surface area contributed by atoms with Crippen LogP contribution in [0.15, 0.2) is 48.5 Å². The highest BCUT2D eigenvalue weighted by atomic mass is 35.5. The number of esters is 1. The number of nitrogens with zero attached hydrogens (tertiary/aromatic N) is 1. The molecule has 178 valence electrons. The van der Waals surface area contributed by atoms with Gasteiger partial charge in [0.1, 0.15) is 5.00 Å². The summed E-state index contributed by atoms with van der Waals surface area (Å²) in [7, 11) is 1.37. The number of fused-ring (bicyclic) bond motifs is 2. The largest absolute Gasteiger partial charge is 0.465 e. The fourth-order valence-electron chi connectivity index (χ4n) is 4.68. The van der Waals surface area contributed by atoms with E-state index in [-0.39, 0.29) is 5.91 Å². The van der Waals surface area contributed by atoms with Gasteiger partial charge in [0.05, 0.1) is 29.4 Å². The Balaban J connectivity index is 1.63. The molecule has 0 saturated carbocycles. The van der Waals surface area contributed by atoms with Crippen LogP contribution < -0.4 is 5.32 Å². The summed E-state index contributed by atoms with van der Waals surface area (Å²) in [6.07, 6.45) is 2.71. The number of thiophene rings is 1. The van der Waals surface area contributed by atoms with Gasteiger partial charge in [0, 0.05) is 20.8 Å². The first-order valence-corrected chi connectivity index (χ1v) is 12.8. The van der Waals surface area contributed by atoms with Crippen LogP contribution in [0.25, 0.3) is 22.2 Å². The average molecular weight is 505 g/mol. The molecule has 4 aromatic rings. The first-order valence-electron chi connectivity index (χ1n) is 11.6. The highest BCUT2D eigenvalue weighted by Gasteiger charge is 2.29. The molecule has 2 heterocycles. The fourth-order valence-corrected chi connectivity index (χ4v) is 6.22. The third-order valence-electron chi connectivity index (χ3n) is 6.61. The van der Waals surface area contributed by atoms with Gasteiger partial charge in [0.25, 0.3) is 5.91 Å². The number of amides is 1. The van der Waals surface area contributed by atoms with E-state index in [1.54, 1.807) is 12.1 Å². The van der Waals surface area contributed by atoms with Gasteiger partial charge >= 0.3 is 5.97 Å². The number of halogens is 1. The molecule has 1 aliphatic rings. The summed E-state index contributed by atoms with van der Waals surface area (Å²) in [5, 5.41) is 4.88. The van der Waals surface area contributed by atoms with Crippen LogP contribution in [0.5, 0.6) is 0 Å². The minimum Gasteiger partial charge on any atom is -0.465 e. The maximum atomic E-state index is 13.7. The molecule has 1 N–H and O–H groups in total. The number of carbonyl (C=O) groups excluding carboxylic acids is 2. The van der Waals surface area contributed by atoms with E-state index in [0.717, 1.165) is 40.8 Å². The lowest BCUT2D eigenvalue weighted by atomic mass is 9.88. The zero-order valence-electron chi connectivity index (χ0n) is 19.8. The molecule has 0 saturated heterocycles. The number of ether oxygens (including phenoxy) is 1. The standard InChI is InChI=1S/C28H25ClN2O3S/c1-15-9-10-19-23(13-15)35-27(24(19)28(33)34-3)31-26(32)20-14-22(17-7-5-4-6-8-17)30-25-16(2)21(29)12-11-18(20)25/h4-8,11-12,14-15H,9-10,13H2,1-3H3,(H,31,32)/t15-/m0/s1. The minimum absolute atomic E-state index is 0.298. The molecular formula is C28H25ClN2O3S. The number of aryl methyl sites for hydroxylation is 1. The lowest BCUT2D eigenvalue weighted by Gasteiger charge is -2.18. The van der Waals surface area contributed by atoms with Crippen molar-refractivity contribution in [1.29, 1.82) is 0 Å². The monoisotopic (exact) mass is 504 g/mol. The maximum absolute atomic E-state index is 13.7. The molecule has 7 heteroatoms. The van der Waals surface area contributed by atoms with Crippen LogP contribution in [-0.4, -0.2) is 24.0 Å². The molecule has 0 fully saturated rings. The van der Waals surface area contributed by atoms with E-state index in [1.807, 2.05) is 43.3 Å². The van der Waals surface area contributed by atoms with Crippen molar-refractivity contribution in [3.63, 3.8) is 0 Å². The smallest absolute Gasteiger partial charge is 0.341 e. The Labute approximate surface area is 213 Å². The van der Waals surface area contributed by atoms with Crippen LogP contribution in [0, 0.1) is 12.8 Å². The number of aromatic nitrogens is 1. The van der Waals surface area contributed by atoms with Crippen molar-refractivity contribution in [3.05, 3.63) is 80.7 Å². The number of pyridine rings is 1. The van der Waals surface area contributed by atoms with Crippen molar-refractivity contribution in [3.8, 4) is 11.3 Å². The predicted octanol–water partition coefficient (Wildman–Crippen LogP) is 7.09. The third kappa shape index (κ3) is 4.32. The quantitative estimate of drug-likeness (QED) is 0.301. The van der Waals surface area contributed by atoms with E-state index in [9.17, 15) is 9.59 Å². The Kier molecular flexibility index (Phi) is 6.34. The summed E-state index contributed by atoms with van der Waals surface area (Å²) < 4.78 is 5.08. The van der Waals surface area contributed by atoms with E-state index >= 15 is 0 Å². The van der Waals surface area contributed by atoms with Gasteiger partial charge in [-0.05, 0) is 55.4 Å². The fraction of sp³-hybridized carbons (Fsp3) is 0.250. The van der Waals surface area contributed by atoms with Crippen molar-refractivity contribution in [1.82, 2.24) is 4.98 Å². The molecule has 0 unspecified atom stereocenters. The molecule has 0 aliphatic heterocycles. The first-order chi connectivity index (χ1) is 16.9. The molecule has 0 radical (unpaired) electrons. The maximum Gasteiger partial charge on any atom is 0.341 e. The average Bonchev–Trinajstić information content (AvgIpc) is 3.22. The Morgan fingerprint density at radius 2 is 1.94 bits per heavy atom. The highest BCUT2D eigenvalue weighted by molar-refractivity contribution is 7.17. The second-order valence-electron chi connectivity index (χ2n) is 8.99. The SMILES string of the molecule is COC(=O)c1c(NC(=O)c2cc(-c3ccccc3)nc3c(C)c(Cl)ccc23)sc2c1CC[C@H](C)C2. The first kappa shape index (κ1) is 23.5. The second-order valence-corrected chi connectivity index (χ2v) is 10.5. The van der Waals surface area contributed by atoms with Gasteiger partial charge in [0.15, 0.2) is 0 Å². The van der Waals surface area contributed by atoms with Crippen LogP contribution in [0.1, 0.15) is 50.1 Å². The van der Waals surface area contributed by atoms with E-state index in [0.29, 0.717) is 43.7 Å². The number of rotatable bonds is 4. The van der Waals surface area contributed by atoms with Gasteiger partial charge in [-0.25, -0.2) is 9.78 Å². The molecule has 1 atom stereocenters. The molecule has 35 heavy (non-hydrogen) atoms. The Hall–Kier alpha value is -3.22. The second kappa shape index (κ2) is 9.44. The van der Waals surface area contributed by atoms with Crippen molar-refractivity contribution in [2.75, 3.05) is 12.4 Å². The van der Waals surface area contributed by atoms with Gasteiger partial charge in [-0.1, -0.05) is 54.9 Å². The molecule has 0 spiro atoms. The predicted molar refractivity (Wildman–Crippen MR) is 142 cm³/mol. The minimum atomic E-state index is -0.417. The molecular weight excluding hydrogens is 480 g/mol. The summed E-state index contributed by atoms with van der Waals surface area (Å²) in [5.74, 6) is -0.173. The molecule has 2 aromatic carbocycles. The number of hydrogen-bond acceptors (Lipinski definition) is 5. The van der Waals surface area contributed by atoms with Gasteiger partial charge in [0.2, 0.25) is 0 Å². The van der Waals surface area contributed by atoms with E-state index in [4.69, 9.17) is 21.3 Å². The molecule has 1 aliphatic carbocycles. The van der Waals surface area contributed by atoms with Gasteiger partial charge < -0.3 is 10.1 Å². The van der Waals surface area contributed by atoms with Crippen molar-refractivity contribution in [2.45, 2.75) is 33.1 Å². The van der Waals surface area contributed by atoms with Crippen molar-refractivity contribution in [2.24, 2.45) is 5.92 Å². The zero-order chi connectivity index (χ0) is 24.7. The molecule has 5 nitrogen and oxygen atoms in total. The number of hydrogen-bond donors (Lipinski definition) is 1. The van der Waals surface area contributed by atoms with Gasteiger partial charge in [-0.15, -0.1) is 11.3 Å². The summed E-state index contributed by atoms with van der Waals surface area (Å²) in [6.45, 7) is 4.11. The third-order valence-corrected chi connectivity index (χ3v) is 8.19. The highest BCUT2D eigenvalue weighted by Crippen LogP contribution is 2.40. The zero-order valence-corrected chi connectivity index (χ0v) is 21.3. The van der Waals surface area contributed by atoms with Crippen LogP contribution in [0.4, 0.5) is 5.00 Å². The number of benzene rings is 2. The Bertz CT molecular complexity index is 1460. The van der Waals surface area contributed by atoms with Crippen LogP contribution in [0.3, 0.4) is 0 Å².